The molecule has 0 aromatic heterocycles. The first-order valence-corrected chi connectivity index (χ1v) is 5.43. The molecule has 1 aliphatic rings. The minimum atomic E-state index is 0.517. The van der Waals surface area contributed by atoms with Crippen LogP contribution in [0.4, 0.5) is 5.69 Å². The first-order chi connectivity index (χ1) is 8.35. The van der Waals surface area contributed by atoms with E-state index in [0.717, 1.165) is 22.7 Å². The summed E-state index contributed by atoms with van der Waals surface area (Å²) >= 11 is 0. The maximum atomic E-state index is 5.60. The molecule has 0 bridgehead atoms. The predicted octanol–water partition coefficient (Wildman–Crippen LogP) is 4.09. The first-order valence-electron chi connectivity index (χ1n) is 5.43. The van der Waals surface area contributed by atoms with Crippen LogP contribution < -0.4 is 4.74 Å². The Bertz CT molecular complexity index is 458. The normalized spacial score (nSPS) is 13.5. The number of rotatable bonds is 2. The van der Waals surface area contributed by atoms with Crippen molar-refractivity contribution in [2.45, 2.75) is 6.92 Å². The van der Waals surface area contributed by atoms with Crippen molar-refractivity contribution in [1.82, 2.24) is 0 Å². The third-order valence-corrected chi connectivity index (χ3v) is 2.35. The van der Waals surface area contributed by atoms with Gasteiger partial charge in [0.05, 0.1) is 5.71 Å². The Morgan fingerprint density at radius 1 is 1.35 bits per heavy atom. The van der Waals surface area contributed by atoms with Crippen molar-refractivity contribution in [3.05, 3.63) is 61.7 Å². The number of ether oxygens (including phenoxy) is 1. The van der Waals surface area contributed by atoms with E-state index in [-0.39, 0.29) is 0 Å². The molecule has 0 aliphatic carbocycles. The zero-order valence-corrected chi connectivity index (χ0v) is 10.1. The van der Waals surface area contributed by atoms with Crippen LogP contribution in [0.5, 0.6) is 5.75 Å². The molecular formula is C15H17NO. The van der Waals surface area contributed by atoms with E-state index in [9.17, 15) is 0 Å². The van der Waals surface area contributed by atoms with E-state index in [2.05, 4.69) is 24.7 Å². The topological polar surface area (TPSA) is 21.6 Å². The Kier molecular flexibility index (Phi) is 4.95. The third kappa shape index (κ3) is 2.94. The van der Waals surface area contributed by atoms with Crippen molar-refractivity contribution >= 4 is 11.4 Å². The second kappa shape index (κ2) is 6.48. The van der Waals surface area contributed by atoms with E-state index in [1.807, 2.05) is 37.3 Å². The van der Waals surface area contributed by atoms with E-state index in [1.54, 1.807) is 6.08 Å². The molecule has 1 aliphatic heterocycles. The number of aliphatic imine (C=N–C) groups is 1. The summed E-state index contributed by atoms with van der Waals surface area (Å²) in [5, 5.41) is 0. The van der Waals surface area contributed by atoms with Crippen LogP contribution >= 0.6 is 0 Å². The minimum Gasteiger partial charge on any atom is -0.485 e. The fourth-order valence-corrected chi connectivity index (χ4v) is 1.55. The van der Waals surface area contributed by atoms with Gasteiger partial charge in [-0.3, -0.25) is 0 Å². The summed E-state index contributed by atoms with van der Waals surface area (Å²) in [7, 11) is 0. The standard InChI is InChI=1S/C13H13NO.C2H4/c1-3-10(4-2)12-9-15-13-8-6-5-7-11(13)14-12;1-2/h3-8H,1,9H2,2H3;1-2H2/b10-4+;. The van der Waals surface area contributed by atoms with Crippen LogP contribution in [-0.4, -0.2) is 12.3 Å². The molecule has 17 heavy (non-hydrogen) atoms. The molecule has 1 heterocycles. The fraction of sp³-hybridized carbons (Fsp3) is 0.133. The van der Waals surface area contributed by atoms with Crippen LogP contribution in [0, 0.1) is 0 Å². The van der Waals surface area contributed by atoms with Crippen molar-refractivity contribution in [3.8, 4) is 5.75 Å². The summed E-state index contributed by atoms with van der Waals surface area (Å²) in [5.41, 5.74) is 2.86. The highest BCUT2D eigenvalue weighted by molar-refractivity contribution is 6.05. The second-order valence-corrected chi connectivity index (χ2v) is 3.26. The predicted molar refractivity (Wildman–Crippen MR) is 74.2 cm³/mol. The second-order valence-electron chi connectivity index (χ2n) is 3.26. The highest BCUT2D eigenvalue weighted by Crippen LogP contribution is 2.30. The smallest absolute Gasteiger partial charge is 0.145 e. The zero-order chi connectivity index (χ0) is 12.7. The summed E-state index contributed by atoms with van der Waals surface area (Å²) in [6.07, 6.45) is 3.79. The molecule has 1 aromatic carbocycles. The average Bonchev–Trinajstić information content (AvgIpc) is 2.42. The van der Waals surface area contributed by atoms with Crippen molar-refractivity contribution < 1.29 is 4.74 Å². The molecule has 1 aromatic rings. The lowest BCUT2D eigenvalue weighted by Gasteiger charge is -2.17. The molecule has 2 nitrogen and oxygen atoms in total. The molecular weight excluding hydrogens is 210 g/mol. The van der Waals surface area contributed by atoms with Crippen molar-refractivity contribution in [2.75, 3.05) is 6.61 Å². The van der Waals surface area contributed by atoms with Gasteiger partial charge in [0.15, 0.2) is 0 Å². The highest BCUT2D eigenvalue weighted by atomic mass is 16.5. The van der Waals surface area contributed by atoms with Crippen LogP contribution in [0.2, 0.25) is 0 Å². The quantitative estimate of drug-likeness (QED) is 0.551. The minimum absolute atomic E-state index is 0.517. The van der Waals surface area contributed by atoms with Crippen LogP contribution in [0.3, 0.4) is 0 Å². The van der Waals surface area contributed by atoms with Crippen LogP contribution in [0.15, 0.2) is 66.7 Å². The van der Waals surface area contributed by atoms with Gasteiger partial charge in [0.25, 0.3) is 0 Å². The molecule has 0 saturated carbocycles. The molecule has 0 N–H and O–H groups in total. The van der Waals surface area contributed by atoms with Gasteiger partial charge in [0.2, 0.25) is 0 Å². The molecule has 0 fully saturated rings. The van der Waals surface area contributed by atoms with Crippen LogP contribution in [0.25, 0.3) is 0 Å². The monoisotopic (exact) mass is 227 g/mol. The Hall–Kier alpha value is -2.09. The zero-order valence-electron chi connectivity index (χ0n) is 10.1. The number of para-hydroxylation sites is 2. The van der Waals surface area contributed by atoms with E-state index < -0.39 is 0 Å². The number of hydrogen-bond acceptors (Lipinski definition) is 2. The highest BCUT2D eigenvalue weighted by Gasteiger charge is 2.13. The van der Waals surface area contributed by atoms with Crippen molar-refractivity contribution in [2.24, 2.45) is 4.99 Å². The lowest BCUT2D eigenvalue weighted by molar-refractivity contribution is 0.373. The molecule has 0 unspecified atom stereocenters. The molecule has 0 spiro atoms. The number of benzene rings is 1. The lowest BCUT2D eigenvalue weighted by Crippen LogP contribution is -2.16. The first kappa shape index (κ1) is 13.0. The Morgan fingerprint density at radius 3 is 2.71 bits per heavy atom. The van der Waals surface area contributed by atoms with Gasteiger partial charge in [-0.15, -0.1) is 13.2 Å². The molecule has 88 valence electrons. The number of hydrogen-bond donors (Lipinski definition) is 0. The van der Waals surface area contributed by atoms with Crippen molar-refractivity contribution in [3.63, 3.8) is 0 Å². The fourth-order valence-electron chi connectivity index (χ4n) is 1.55. The van der Waals surface area contributed by atoms with Gasteiger partial charge in [-0.2, -0.15) is 0 Å². The summed E-state index contributed by atoms with van der Waals surface area (Å²) in [4.78, 5) is 4.54. The molecule has 0 radical (unpaired) electrons. The average molecular weight is 227 g/mol. The van der Waals surface area contributed by atoms with Gasteiger partial charge in [-0.25, -0.2) is 4.99 Å². The van der Waals surface area contributed by atoms with E-state index in [4.69, 9.17) is 4.74 Å². The number of nitrogens with zero attached hydrogens (tertiary/aromatic N) is 1. The SMILES string of the molecule is C=C.C=C/C(=C\C)C1=Nc2ccccc2OC1. The summed E-state index contributed by atoms with van der Waals surface area (Å²) < 4.78 is 5.60. The number of allylic oxidation sites excluding steroid dienone is 2. The molecule has 0 atom stereocenters. The third-order valence-electron chi connectivity index (χ3n) is 2.35. The van der Waals surface area contributed by atoms with E-state index in [0.29, 0.717) is 6.61 Å². The molecule has 0 saturated heterocycles. The van der Waals surface area contributed by atoms with Gasteiger partial charge in [0.1, 0.15) is 18.0 Å². The Morgan fingerprint density at radius 2 is 2.06 bits per heavy atom. The maximum Gasteiger partial charge on any atom is 0.145 e. The largest absolute Gasteiger partial charge is 0.485 e. The molecule has 2 rings (SSSR count). The van der Waals surface area contributed by atoms with Gasteiger partial charge in [0, 0.05) is 0 Å². The summed E-state index contributed by atoms with van der Waals surface area (Å²) in [6, 6.07) is 7.78. The van der Waals surface area contributed by atoms with Crippen LogP contribution in [0.1, 0.15) is 6.92 Å². The maximum absolute atomic E-state index is 5.60. The summed E-state index contributed by atoms with van der Waals surface area (Å²) in [5.74, 6) is 0.848. The molecule has 0 amide bonds. The number of fused-ring (bicyclic) bond motifs is 1. The van der Waals surface area contributed by atoms with E-state index >= 15 is 0 Å². The Balaban J connectivity index is 0.000000686. The van der Waals surface area contributed by atoms with Crippen LogP contribution in [-0.2, 0) is 0 Å². The van der Waals surface area contributed by atoms with Gasteiger partial charge >= 0.3 is 0 Å². The van der Waals surface area contributed by atoms with Gasteiger partial charge in [-0.1, -0.05) is 30.9 Å². The van der Waals surface area contributed by atoms with E-state index in [1.165, 1.54) is 0 Å². The lowest BCUT2D eigenvalue weighted by atomic mass is 10.1. The molecule has 2 heteroatoms. The van der Waals surface area contributed by atoms with Crippen molar-refractivity contribution in [1.29, 1.82) is 0 Å². The Labute approximate surface area is 103 Å². The van der Waals surface area contributed by atoms with Gasteiger partial charge < -0.3 is 4.74 Å². The summed E-state index contributed by atoms with van der Waals surface area (Å²) in [6.45, 7) is 12.2. The van der Waals surface area contributed by atoms with Gasteiger partial charge in [-0.05, 0) is 24.6 Å².